The van der Waals surface area contributed by atoms with E-state index in [0.717, 1.165) is 16.9 Å². The molecule has 1 heterocycles. The predicted molar refractivity (Wildman–Crippen MR) is 122 cm³/mol. The number of benzene rings is 2. The zero-order valence-electron chi connectivity index (χ0n) is 16.5. The summed E-state index contributed by atoms with van der Waals surface area (Å²) in [4.78, 5) is 10.7. The van der Waals surface area contributed by atoms with Crippen molar-refractivity contribution in [3.05, 3.63) is 65.7 Å². The molecule has 9 heteroatoms. The highest BCUT2D eigenvalue weighted by Gasteiger charge is 2.10. The van der Waals surface area contributed by atoms with E-state index in [0.29, 0.717) is 30.7 Å². The SMILES string of the molecule is CN=C(NCc1nc(-c2ccc(OC)cc2)n[nH]1)N(C)Cc1ccc(F)cc1.I. The van der Waals surface area contributed by atoms with E-state index in [9.17, 15) is 4.39 Å². The van der Waals surface area contributed by atoms with Crippen LogP contribution in [-0.4, -0.2) is 47.2 Å². The van der Waals surface area contributed by atoms with Gasteiger partial charge in [0.05, 0.1) is 13.7 Å². The van der Waals surface area contributed by atoms with Crippen LogP contribution in [0.4, 0.5) is 4.39 Å². The number of methoxy groups -OCH3 is 1. The zero-order chi connectivity index (χ0) is 19.9. The Kier molecular flexibility index (Phi) is 8.37. The summed E-state index contributed by atoms with van der Waals surface area (Å²) < 4.78 is 18.2. The minimum atomic E-state index is -0.244. The van der Waals surface area contributed by atoms with Gasteiger partial charge in [0.1, 0.15) is 17.4 Å². The summed E-state index contributed by atoms with van der Waals surface area (Å²) in [6.07, 6.45) is 0. The third kappa shape index (κ3) is 6.14. The molecule has 0 aliphatic heterocycles. The predicted octanol–water partition coefficient (Wildman–Crippen LogP) is 3.44. The first-order valence-corrected chi connectivity index (χ1v) is 8.81. The van der Waals surface area contributed by atoms with Gasteiger partial charge in [0.2, 0.25) is 0 Å². The van der Waals surface area contributed by atoms with Crippen LogP contribution in [0.25, 0.3) is 11.4 Å². The van der Waals surface area contributed by atoms with Crippen molar-refractivity contribution in [2.75, 3.05) is 21.2 Å². The molecule has 1 aromatic heterocycles. The molecule has 0 saturated heterocycles. The molecule has 0 saturated carbocycles. The number of hydrogen-bond acceptors (Lipinski definition) is 4. The second kappa shape index (κ2) is 10.7. The Balaban J connectivity index is 0.00000300. The summed E-state index contributed by atoms with van der Waals surface area (Å²) >= 11 is 0. The first-order chi connectivity index (χ1) is 13.6. The molecule has 7 nitrogen and oxygen atoms in total. The van der Waals surface area contributed by atoms with Crippen LogP contribution in [0.15, 0.2) is 53.5 Å². The summed E-state index contributed by atoms with van der Waals surface area (Å²) in [5.41, 5.74) is 1.90. The molecule has 0 bridgehead atoms. The number of aromatic nitrogens is 3. The fourth-order valence-electron chi connectivity index (χ4n) is 2.73. The van der Waals surface area contributed by atoms with Crippen molar-refractivity contribution < 1.29 is 9.13 Å². The molecule has 0 spiro atoms. The lowest BCUT2D eigenvalue weighted by Gasteiger charge is -2.21. The van der Waals surface area contributed by atoms with Crippen molar-refractivity contribution in [2.24, 2.45) is 4.99 Å². The van der Waals surface area contributed by atoms with E-state index >= 15 is 0 Å². The number of nitrogens with one attached hydrogen (secondary N) is 2. The highest BCUT2D eigenvalue weighted by molar-refractivity contribution is 14.0. The highest BCUT2D eigenvalue weighted by Crippen LogP contribution is 2.18. The van der Waals surface area contributed by atoms with Gasteiger partial charge in [-0.2, -0.15) is 5.10 Å². The molecule has 2 aromatic carbocycles. The van der Waals surface area contributed by atoms with Crippen molar-refractivity contribution in [2.45, 2.75) is 13.1 Å². The maximum atomic E-state index is 13.0. The van der Waals surface area contributed by atoms with E-state index in [2.05, 4.69) is 25.5 Å². The average molecular weight is 510 g/mol. The lowest BCUT2D eigenvalue weighted by molar-refractivity contribution is 0.415. The van der Waals surface area contributed by atoms with Gasteiger partial charge in [-0.25, -0.2) is 9.37 Å². The Labute approximate surface area is 186 Å². The Morgan fingerprint density at radius 3 is 2.48 bits per heavy atom. The third-order valence-corrected chi connectivity index (χ3v) is 4.20. The van der Waals surface area contributed by atoms with Crippen LogP contribution in [-0.2, 0) is 13.1 Å². The van der Waals surface area contributed by atoms with Gasteiger partial charge in [-0.15, -0.1) is 24.0 Å². The Morgan fingerprint density at radius 1 is 1.17 bits per heavy atom. The van der Waals surface area contributed by atoms with E-state index in [1.165, 1.54) is 12.1 Å². The second-order valence-corrected chi connectivity index (χ2v) is 6.22. The van der Waals surface area contributed by atoms with Gasteiger partial charge in [0, 0.05) is 26.2 Å². The normalized spacial score (nSPS) is 11.0. The smallest absolute Gasteiger partial charge is 0.194 e. The number of aliphatic imine (C=N–C) groups is 1. The number of halogens is 2. The second-order valence-electron chi connectivity index (χ2n) is 6.22. The van der Waals surface area contributed by atoms with E-state index in [4.69, 9.17) is 4.74 Å². The van der Waals surface area contributed by atoms with Crippen LogP contribution in [0.5, 0.6) is 5.75 Å². The van der Waals surface area contributed by atoms with Crippen LogP contribution >= 0.6 is 24.0 Å². The van der Waals surface area contributed by atoms with Crippen LogP contribution in [0.3, 0.4) is 0 Å². The summed E-state index contributed by atoms with van der Waals surface area (Å²) in [6, 6.07) is 14.0. The fourth-order valence-corrected chi connectivity index (χ4v) is 2.73. The molecule has 154 valence electrons. The van der Waals surface area contributed by atoms with Crippen molar-refractivity contribution >= 4 is 29.9 Å². The average Bonchev–Trinajstić information content (AvgIpc) is 3.19. The van der Waals surface area contributed by atoms with Gasteiger partial charge in [0.15, 0.2) is 11.8 Å². The molecule has 0 unspecified atom stereocenters. The summed E-state index contributed by atoms with van der Waals surface area (Å²) in [6.45, 7) is 1.05. The molecule has 29 heavy (non-hydrogen) atoms. The molecule has 0 atom stereocenters. The number of rotatable bonds is 6. The maximum absolute atomic E-state index is 13.0. The van der Waals surface area contributed by atoms with Crippen molar-refractivity contribution in [1.82, 2.24) is 25.4 Å². The standard InChI is InChI=1S/C20H23FN6O.HI/c1-22-20(27(2)13-14-4-8-16(21)9-5-14)23-12-18-24-19(26-25-18)15-6-10-17(28-3)11-7-15;/h4-11H,12-13H2,1-3H3,(H,22,23)(H,24,25,26);1H. The molecule has 0 fully saturated rings. The van der Waals surface area contributed by atoms with E-state index in [1.54, 1.807) is 26.3 Å². The molecular weight excluding hydrogens is 486 g/mol. The van der Waals surface area contributed by atoms with E-state index in [1.807, 2.05) is 36.2 Å². The van der Waals surface area contributed by atoms with Gasteiger partial charge in [-0.1, -0.05) is 12.1 Å². The van der Waals surface area contributed by atoms with Crippen LogP contribution in [0.2, 0.25) is 0 Å². The summed E-state index contributed by atoms with van der Waals surface area (Å²) in [5, 5.41) is 10.4. The van der Waals surface area contributed by atoms with Gasteiger partial charge in [-0.3, -0.25) is 10.1 Å². The van der Waals surface area contributed by atoms with Gasteiger partial charge < -0.3 is 15.0 Å². The number of hydrogen-bond donors (Lipinski definition) is 2. The minimum Gasteiger partial charge on any atom is -0.497 e. The third-order valence-electron chi connectivity index (χ3n) is 4.20. The molecule has 2 N–H and O–H groups in total. The molecule has 0 aliphatic carbocycles. The maximum Gasteiger partial charge on any atom is 0.194 e. The number of H-pyrrole nitrogens is 1. The summed E-state index contributed by atoms with van der Waals surface area (Å²) in [7, 11) is 5.26. The molecule has 0 aliphatic rings. The van der Waals surface area contributed by atoms with E-state index in [-0.39, 0.29) is 29.8 Å². The minimum absolute atomic E-state index is 0. The number of aromatic amines is 1. The monoisotopic (exact) mass is 510 g/mol. The quantitative estimate of drug-likeness (QED) is 0.302. The zero-order valence-corrected chi connectivity index (χ0v) is 18.8. The number of nitrogens with zero attached hydrogens (tertiary/aromatic N) is 4. The van der Waals surface area contributed by atoms with Crippen molar-refractivity contribution in [1.29, 1.82) is 0 Å². The van der Waals surface area contributed by atoms with Gasteiger partial charge in [-0.05, 0) is 42.0 Å². The topological polar surface area (TPSA) is 78.4 Å². The fraction of sp³-hybridized carbons (Fsp3) is 0.250. The first-order valence-electron chi connectivity index (χ1n) is 8.81. The lowest BCUT2D eigenvalue weighted by atomic mass is 10.2. The molecule has 0 radical (unpaired) electrons. The largest absolute Gasteiger partial charge is 0.497 e. The Bertz CT molecular complexity index is 927. The van der Waals surface area contributed by atoms with Crippen LogP contribution in [0, 0.1) is 5.82 Å². The van der Waals surface area contributed by atoms with Crippen molar-refractivity contribution in [3.63, 3.8) is 0 Å². The van der Waals surface area contributed by atoms with Gasteiger partial charge in [0.25, 0.3) is 0 Å². The Hall–Kier alpha value is -2.69. The lowest BCUT2D eigenvalue weighted by Crippen LogP contribution is -2.38. The number of guanidine groups is 1. The molecule has 3 aromatic rings. The summed E-state index contributed by atoms with van der Waals surface area (Å²) in [5.74, 6) is 2.56. The Morgan fingerprint density at radius 2 is 1.86 bits per heavy atom. The van der Waals surface area contributed by atoms with Crippen molar-refractivity contribution in [3.8, 4) is 17.1 Å². The molecule has 3 rings (SSSR count). The van der Waals surface area contributed by atoms with Crippen LogP contribution < -0.4 is 10.1 Å². The van der Waals surface area contributed by atoms with Crippen LogP contribution in [0.1, 0.15) is 11.4 Å². The number of ether oxygens (including phenoxy) is 1. The van der Waals surface area contributed by atoms with E-state index < -0.39 is 0 Å². The van der Waals surface area contributed by atoms with Gasteiger partial charge >= 0.3 is 0 Å². The highest BCUT2D eigenvalue weighted by atomic mass is 127. The molecule has 0 amide bonds. The molecular formula is C20H24FIN6O. The first kappa shape index (κ1) is 22.6.